The number of likely N-dealkylation sites (tertiary alicyclic amines) is 1. The number of allylic oxidation sites excluding steroid dienone is 3. The third-order valence-electron chi connectivity index (χ3n) is 3.41. The summed E-state index contributed by atoms with van der Waals surface area (Å²) >= 11 is 0. The maximum atomic E-state index is 12.0. The molecule has 1 unspecified atom stereocenters. The molecule has 0 aliphatic carbocycles. The lowest BCUT2D eigenvalue weighted by atomic mass is 9.82. The average molecular weight is 207 g/mol. The highest BCUT2D eigenvalue weighted by Crippen LogP contribution is 2.39. The molecule has 15 heavy (non-hydrogen) atoms. The van der Waals surface area contributed by atoms with Gasteiger partial charge in [-0.2, -0.15) is 0 Å². The molecular weight excluding hydrogens is 186 g/mol. The fourth-order valence-electron chi connectivity index (χ4n) is 2.50. The largest absolute Gasteiger partial charge is 0.319 e. The van der Waals surface area contributed by atoms with Crippen molar-refractivity contribution >= 4 is 5.91 Å². The van der Waals surface area contributed by atoms with Gasteiger partial charge < -0.3 is 4.90 Å². The summed E-state index contributed by atoms with van der Waals surface area (Å²) in [6, 6.07) is 0. The van der Waals surface area contributed by atoms with Crippen molar-refractivity contribution in [1.82, 2.24) is 4.90 Å². The molecule has 0 aromatic carbocycles. The first-order valence-corrected chi connectivity index (χ1v) is 5.63. The predicted molar refractivity (Wildman–Crippen MR) is 63.2 cm³/mol. The van der Waals surface area contributed by atoms with Crippen molar-refractivity contribution < 1.29 is 4.79 Å². The second-order valence-electron chi connectivity index (χ2n) is 4.31. The molecule has 1 aliphatic rings. The van der Waals surface area contributed by atoms with Crippen LogP contribution < -0.4 is 0 Å². The number of rotatable bonds is 3. The zero-order chi connectivity index (χ0) is 11.6. The van der Waals surface area contributed by atoms with E-state index in [-0.39, 0.29) is 11.8 Å². The van der Waals surface area contributed by atoms with Crippen molar-refractivity contribution in [1.29, 1.82) is 0 Å². The van der Waals surface area contributed by atoms with Gasteiger partial charge in [-0.05, 0) is 19.3 Å². The van der Waals surface area contributed by atoms with Crippen molar-refractivity contribution in [2.24, 2.45) is 17.8 Å². The number of hydrogen-bond donors (Lipinski definition) is 0. The molecule has 0 saturated carbocycles. The first kappa shape index (κ1) is 12.0. The summed E-state index contributed by atoms with van der Waals surface area (Å²) in [6.07, 6.45) is 5.12. The van der Waals surface area contributed by atoms with Crippen LogP contribution in [0.15, 0.2) is 24.4 Å². The molecule has 0 spiro atoms. The van der Waals surface area contributed by atoms with Crippen molar-refractivity contribution in [3.63, 3.8) is 0 Å². The Morgan fingerprint density at radius 2 is 2.20 bits per heavy atom. The maximum Gasteiger partial charge on any atom is 0.230 e. The fourth-order valence-corrected chi connectivity index (χ4v) is 2.50. The van der Waals surface area contributed by atoms with E-state index < -0.39 is 0 Å². The number of carbonyl (C=O) groups is 1. The van der Waals surface area contributed by atoms with Crippen LogP contribution in [0.5, 0.6) is 0 Å². The molecule has 1 saturated heterocycles. The van der Waals surface area contributed by atoms with Gasteiger partial charge in [0.25, 0.3) is 0 Å². The predicted octanol–water partition coefficient (Wildman–Crippen LogP) is 2.83. The van der Waals surface area contributed by atoms with Gasteiger partial charge in [0.05, 0.1) is 5.92 Å². The van der Waals surface area contributed by atoms with Crippen LogP contribution in [0.3, 0.4) is 0 Å². The summed E-state index contributed by atoms with van der Waals surface area (Å²) in [6.45, 7) is 10.2. The Hall–Kier alpha value is -1.05. The topological polar surface area (TPSA) is 20.3 Å². The van der Waals surface area contributed by atoms with E-state index in [0.29, 0.717) is 11.8 Å². The molecule has 1 aliphatic heterocycles. The molecule has 2 nitrogen and oxygen atoms in total. The van der Waals surface area contributed by atoms with Crippen LogP contribution in [0, 0.1) is 17.8 Å². The van der Waals surface area contributed by atoms with Crippen LogP contribution in [-0.2, 0) is 4.79 Å². The van der Waals surface area contributed by atoms with Crippen LogP contribution in [-0.4, -0.2) is 17.9 Å². The van der Waals surface area contributed by atoms with Crippen molar-refractivity contribution in [3.05, 3.63) is 24.4 Å². The highest BCUT2D eigenvalue weighted by Gasteiger charge is 2.42. The average Bonchev–Trinajstić information content (AvgIpc) is 2.42. The van der Waals surface area contributed by atoms with E-state index in [1.807, 2.05) is 20.0 Å². The zero-order valence-electron chi connectivity index (χ0n) is 10.2. The minimum Gasteiger partial charge on any atom is -0.319 e. The molecule has 0 bridgehead atoms. The Morgan fingerprint density at radius 3 is 2.67 bits per heavy atom. The monoisotopic (exact) mass is 207 g/mol. The van der Waals surface area contributed by atoms with Gasteiger partial charge in [-0.25, -0.2) is 0 Å². The third-order valence-corrected chi connectivity index (χ3v) is 3.41. The molecular formula is C13H21NO. The van der Waals surface area contributed by atoms with Crippen molar-refractivity contribution in [3.8, 4) is 0 Å². The molecule has 0 N–H and O–H groups in total. The normalized spacial score (nSPS) is 29.2. The van der Waals surface area contributed by atoms with E-state index in [9.17, 15) is 4.79 Å². The quantitative estimate of drug-likeness (QED) is 0.652. The van der Waals surface area contributed by atoms with E-state index in [1.54, 1.807) is 4.90 Å². The first-order valence-electron chi connectivity index (χ1n) is 5.63. The second-order valence-corrected chi connectivity index (χ2v) is 4.31. The van der Waals surface area contributed by atoms with Gasteiger partial charge in [0, 0.05) is 18.7 Å². The lowest BCUT2D eigenvalue weighted by Crippen LogP contribution is -2.26. The summed E-state index contributed by atoms with van der Waals surface area (Å²) in [5, 5.41) is 0. The summed E-state index contributed by atoms with van der Waals surface area (Å²) in [4.78, 5) is 13.8. The molecule has 0 aromatic rings. The van der Waals surface area contributed by atoms with Gasteiger partial charge >= 0.3 is 0 Å². The zero-order valence-corrected chi connectivity index (χ0v) is 10.2. The number of carbonyl (C=O) groups excluding carboxylic acids is 1. The number of amides is 1. The van der Waals surface area contributed by atoms with Crippen LogP contribution in [0.2, 0.25) is 0 Å². The van der Waals surface area contributed by atoms with Gasteiger partial charge in [0.1, 0.15) is 0 Å². The van der Waals surface area contributed by atoms with Crippen molar-refractivity contribution in [2.75, 3.05) is 7.05 Å². The molecule has 1 amide bonds. The smallest absolute Gasteiger partial charge is 0.230 e. The molecule has 0 aromatic heterocycles. The van der Waals surface area contributed by atoms with Gasteiger partial charge in [0.2, 0.25) is 5.91 Å². The van der Waals surface area contributed by atoms with E-state index in [4.69, 9.17) is 0 Å². The number of hydrogen-bond acceptors (Lipinski definition) is 1. The molecule has 84 valence electrons. The molecule has 1 heterocycles. The van der Waals surface area contributed by atoms with Crippen LogP contribution in [0.1, 0.15) is 27.2 Å². The Kier molecular flexibility index (Phi) is 3.72. The van der Waals surface area contributed by atoms with E-state index in [1.165, 1.54) is 0 Å². The molecule has 1 fully saturated rings. The SMILES string of the molecule is C=C1[C@@H](CC)[C@@H](C(C)/C=C\C)C(=O)N1C. The van der Waals surface area contributed by atoms with Crippen molar-refractivity contribution in [2.45, 2.75) is 27.2 Å². The Bertz CT molecular complexity index is 293. The highest BCUT2D eigenvalue weighted by molar-refractivity contribution is 5.84. The molecule has 2 heteroatoms. The lowest BCUT2D eigenvalue weighted by molar-refractivity contribution is -0.130. The molecule has 1 rings (SSSR count). The minimum atomic E-state index is 0.0868. The molecule has 0 radical (unpaired) electrons. The van der Waals surface area contributed by atoms with E-state index in [2.05, 4.69) is 26.5 Å². The summed E-state index contributed by atoms with van der Waals surface area (Å²) < 4.78 is 0. The lowest BCUT2D eigenvalue weighted by Gasteiger charge is -2.19. The van der Waals surface area contributed by atoms with E-state index in [0.717, 1.165) is 12.1 Å². The second kappa shape index (κ2) is 4.65. The Balaban J connectivity index is 2.95. The number of nitrogens with zero attached hydrogens (tertiary/aromatic N) is 1. The van der Waals surface area contributed by atoms with Gasteiger partial charge in [-0.3, -0.25) is 4.79 Å². The standard InChI is InChI=1S/C13H21NO/c1-6-8-9(3)12-11(7-2)10(4)14(5)13(12)15/h6,8-9,11-12H,4,7H2,1-3,5H3/b8-6-/t9?,11-,12-/m1/s1. The summed E-state index contributed by atoms with van der Waals surface area (Å²) in [5.74, 6) is 0.920. The van der Waals surface area contributed by atoms with Gasteiger partial charge in [-0.15, -0.1) is 0 Å². The fraction of sp³-hybridized carbons (Fsp3) is 0.615. The van der Waals surface area contributed by atoms with E-state index >= 15 is 0 Å². The minimum absolute atomic E-state index is 0.0868. The highest BCUT2D eigenvalue weighted by atomic mass is 16.2. The van der Waals surface area contributed by atoms with Gasteiger partial charge in [0.15, 0.2) is 0 Å². The molecule has 3 atom stereocenters. The first-order chi connectivity index (χ1) is 7.04. The van der Waals surface area contributed by atoms with Gasteiger partial charge in [-0.1, -0.05) is 32.6 Å². The Morgan fingerprint density at radius 1 is 1.60 bits per heavy atom. The van der Waals surface area contributed by atoms with Crippen LogP contribution in [0.25, 0.3) is 0 Å². The summed E-state index contributed by atoms with van der Waals surface area (Å²) in [5.41, 5.74) is 0.976. The Labute approximate surface area is 92.7 Å². The third kappa shape index (κ3) is 1.99. The summed E-state index contributed by atoms with van der Waals surface area (Å²) in [7, 11) is 1.83. The van der Waals surface area contributed by atoms with Crippen LogP contribution >= 0.6 is 0 Å². The van der Waals surface area contributed by atoms with Crippen LogP contribution in [0.4, 0.5) is 0 Å². The maximum absolute atomic E-state index is 12.0.